The largest absolute Gasteiger partial charge is 0.435 e. The Balaban J connectivity index is 1.62. The molecule has 5 rings (SSSR count). The highest BCUT2D eigenvalue weighted by Crippen LogP contribution is 2.38. The van der Waals surface area contributed by atoms with Crippen molar-refractivity contribution in [3.63, 3.8) is 0 Å². The summed E-state index contributed by atoms with van der Waals surface area (Å²) in [6.45, 7) is -3.23. The Hall–Kier alpha value is -3.78. The van der Waals surface area contributed by atoms with Crippen molar-refractivity contribution in [1.29, 1.82) is 0 Å². The van der Waals surface area contributed by atoms with Gasteiger partial charge in [0.25, 0.3) is 15.9 Å². The van der Waals surface area contributed by atoms with Gasteiger partial charge in [0.05, 0.1) is 27.8 Å². The number of ether oxygens (including phenoxy) is 2. The van der Waals surface area contributed by atoms with Crippen LogP contribution < -0.4 is 9.04 Å². The summed E-state index contributed by atoms with van der Waals surface area (Å²) in [5.74, 6) is -1.94. The van der Waals surface area contributed by atoms with E-state index in [1.54, 1.807) is 0 Å². The molecule has 3 aromatic rings. The van der Waals surface area contributed by atoms with Crippen LogP contribution in [0.3, 0.4) is 0 Å². The number of anilines is 1. The fraction of sp³-hybridized carbons (Fsp3) is 0.296. The molecular formula is C27H22F6N2O5S. The number of fused-ring (bicyclic) bond motifs is 1. The number of alkyl halides is 5. The van der Waals surface area contributed by atoms with Crippen LogP contribution in [0.4, 0.5) is 32.0 Å². The average molecular weight is 601 g/mol. The average Bonchev–Trinajstić information content (AvgIpc) is 3.42. The highest BCUT2D eigenvalue weighted by molar-refractivity contribution is 7.92. The van der Waals surface area contributed by atoms with Gasteiger partial charge >= 0.3 is 12.8 Å². The lowest BCUT2D eigenvalue weighted by Gasteiger charge is -2.38. The fourth-order valence-electron chi connectivity index (χ4n) is 4.80. The van der Waals surface area contributed by atoms with Crippen LogP contribution in [0.2, 0.25) is 0 Å². The maximum atomic E-state index is 14.2. The summed E-state index contributed by atoms with van der Waals surface area (Å²) >= 11 is 0. The third-order valence-corrected chi connectivity index (χ3v) is 8.45. The number of amides is 1. The fourth-order valence-corrected chi connectivity index (χ4v) is 6.29. The van der Waals surface area contributed by atoms with Gasteiger partial charge < -0.3 is 14.4 Å². The van der Waals surface area contributed by atoms with Crippen LogP contribution in [0.15, 0.2) is 65.6 Å². The number of hydrogen-bond donors (Lipinski definition) is 0. The number of sulfonamides is 1. The number of benzene rings is 3. The van der Waals surface area contributed by atoms with Gasteiger partial charge in [-0.1, -0.05) is 12.1 Å². The Bertz CT molecular complexity index is 1570. The van der Waals surface area contributed by atoms with Crippen molar-refractivity contribution in [2.75, 3.05) is 24.1 Å². The first kappa shape index (κ1) is 28.7. The van der Waals surface area contributed by atoms with Gasteiger partial charge in [-0.05, 0) is 66.4 Å². The van der Waals surface area contributed by atoms with Crippen molar-refractivity contribution >= 4 is 21.6 Å². The van der Waals surface area contributed by atoms with Gasteiger partial charge in [0.15, 0.2) is 0 Å². The third kappa shape index (κ3) is 5.98. The predicted molar refractivity (Wildman–Crippen MR) is 134 cm³/mol. The van der Waals surface area contributed by atoms with Crippen molar-refractivity contribution in [3.05, 3.63) is 77.6 Å². The second kappa shape index (κ2) is 10.9. The van der Waals surface area contributed by atoms with Gasteiger partial charge in [0, 0.05) is 19.2 Å². The molecule has 2 aliphatic heterocycles. The van der Waals surface area contributed by atoms with E-state index < -0.39 is 57.4 Å². The summed E-state index contributed by atoms with van der Waals surface area (Å²) in [7, 11) is -4.68. The molecule has 1 fully saturated rings. The monoisotopic (exact) mass is 600 g/mol. The molecule has 41 heavy (non-hydrogen) atoms. The van der Waals surface area contributed by atoms with Gasteiger partial charge in [-0.2, -0.15) is 22.0 Å². The lowest BCUT2D eigenvalue weighted by molar-refractivity contribution is -0.137. The Morgan fingerprint density at radius 3 is 2.49 bits per heavy atom. The van der Waals surface area contributed by atoms with E-state index in [2.05, 4.69) is 4.74 Å². The zero-order chi connectivity index (χ0) is 29.5. The molecule has 0 bridgehead atoms. The lowest BCUT2D eigenvalue weighted by atomic mass is 10.00. The van der Waals surface area contributed by atoms with Gasteiger partial charge in [0.2, 0.25) is 0 Å². The molecule has 0 aromatic heterocycles. The summed E-state index contributed by atoms with van der Waals surface area (Å²) in [6, 6.07) is 9.96. The van der Waals surface area contributed by atoms with E-state index in [0.717, 1.165) is 47.1 Å². The first-order chi connectivity index (χ1) is 19.3. The van der Waals surface area contributed by atoms with Gasteiger partial charge in [-0.25, -0.2) is 17.1 Å². The minimum atomic E-state index is -4.81. The second-order valence-electron chi connectivity index (χ2n) is 9.47. The lowest BCUT2D eigenvalue weighted by Crippen LogP contribution is -2.51. The highest BCUT2D eigenvalue weighted by Gasteiger charge is 2.39. The minimum absolute atomic E-state index is 0.0362. The maximum absolute atomic E-state index is 14.2. The van der Waals surface area contributed by atoms with E-state index in [-0.39, 0.29) is 35.0 Å². The van der Waals surface area contributed by atoms with Crippen LogP contribution in [0.1, 0.15) is 28.8 Å². The van der Waals surface area contributed by atoms with Crippen molar-refractivity contribution in [2.45, 2.75) is 36.6 Å². The summed E-state index contributed by atoms with van der Waals surface area (Å²) in [5, 5.41) is 0. The zero-order valence-corrected chi connectivity index (χ0v) is 21.9. The number of nitrogens with zero attached hydrogens (tertiary/aromatic N) is 2. The molecule has 7 nitrogen and oxygen atoms in total. The molecule has 1 amide bonds. The van der Waals surface area contributed by atoms with Crippen molar-refractivity contribution < 1.29 is 49.0 Å². The Kier molecular flexibility index (Phi) is 7.64. The Morgan fingerprint density at radius 2 is 1.80 bits per heavy atom. The molecule has 14 heteroatoms. The smallest absolute Gasteiger partial charge is 0.416 e. The van der Waals surface area contributed by atoms with Crippen molar-refractivity contribution in [2.24, 2.45) is 0 Å². The molecule has 0 radical (unpaired) electrons. The number of halogens is 6. The van der Waals surface area contributed by atoms with E-state index >= 15 is 0 Å². The topological polar surface area (TPSA) is 76.2 Å². The molecule has 0 aliphatic carbocycles. The second-order valence-corrected chi connectivity index (χ2v) is 11.3. The molecule has 1 atom stereocenters. The maximum Gasteiger partial charge on any atom is 0.416 e. The van der Waals surface area contributed by atoms with E-state index in [1.165, 1.54) is 23.1 Å². The number of rotatable bonds is 7. The normalized spacial score (nSPS) is 17.7. The molecule has 0 spiro atoms. The van der Waals surface area contributed by atoms with Crippen molar-refractivity contribution in [1.82, 2.24) is 4.90 Å². The SMILES string of the molecule is O=C1c2ccc(-c3cc(F)cc(OC(F)F)c3)cc2N(S(=O)(=O)c2cccc(C(F)(F)F)c2)CN1C[C@H]1CCCO1. The first-order valence-corrected chi connectivity index (χ1v) is 13.8. The summed E-state index contributed by atoms with van der Waals surface area (Å²) in [6.07, 6.45) is -3.77. The first-order valence-electron chi connectivity index (χ1n) is 12.3. The molecule has 2 heterocycles. The molecule has 0 saturated carbocycles. The molecule has 1 saturated heterocycles. The predicted octanol–water partition coefficient (Wildman–Crippen LogP) is 5.90. The molecule has 218 valence electrons. The quantitative estimate of drug-likeness (QED) is 0.316. The van der Waals surface area contributed by atoms with Crippen LogP contribution in [0.25, 0.3) is 11.1 Å². The van der Waals surface area contributed by atoms with E-state index in [9.17, 15) is 39.6 Å². The molecule has 0 N–H and O–H groups in total. The van der Waals surface area contributed by atoms with Crippen LogP contribution in [0, 0.1) is 5.82 Å². The summed E-state index contributed by atoms with van der Waals surface area (Å²) < 4.78 is 118. The van der Waals surface area contributed by atoms with E-state index in [4.69, 9.17) is 4.74 Å². The minimum Gasteiger partial charge on any atom is -0.435 e. The van der Waals surface area contributed by atoms with Crippen LogP contribution >= 0.6 is 0 Å². The van der Waals surface area contributed by atoms with Gasteiger partial charge in [-0.15, -0.1) is 0 Å². The Morgan fingerprint density at radius 1 is 1.02 bits per heavy atom. The highest BCUT2D eigenvalue weighted by atomic mass is 32.2. The Labute approximate surface area is 230 Å². The van der Waals surface area contributed by atoms with Gasteiger partial charge in [-0.3, -0.25) is 4.79 Å². The van der Waals surface area contributed by atoms with Crippen molar-refractivity contribution in [3.8, 4) is 16.9 Å². The summed E-state index contributed by atoms with van der Waals surface area (Å²) in [4.78, 5) is 14.0. The molecule has 2 aliphatic rings. The van der Waals surface area contributed by atoms with Gasteiger partial charge in [0.1, 0.15) is 18.2 Å². The molecule has 0 unspecified atom stereocenters. The number of carbonyl (C=O) groups excluding carboxylic acids is 1. The molecule has 3 aromatic carbocycles. The zero-order valence-electron chi connectivity index (χ0n) is 21.1. The third-order valence-electron chi connectivity index (χ3n) is 6.71. The number of carbonyl (C=O) groups is 1. The van der Waals surface area contributed by atoms with Crippen LogP contribution in [-0.4, -0.2) is 51.8 Å². The van der Waals surface area contributed by atoms with E-state index in [0.29, 0.717) is 19.1 Å². The number of hydrogen-bond acceptors (Lipinski definition) is 5. The summed E-state index contributed by atoms with van der Waals surface area (Å²) in [5.41, 5.74) is -1.24. The standard InChI is InChI=1S/C27H22F6N2O5S/c28-19-9-17(10-21(13-19)40-26(29)30)16-6-7-23-24(11-16)35(15-34(25(23)36)14-20-4-2-8-39-20)41(37,38)22-5-1-3-18(12-22)27(31,32)33/h1,3,5-7,9-13,20,26H,2,4,8,14-15H2/t20-/m1/s1. The van der Waals surface area contributed by atoms with Crippen LogP contribution in [-0.2, 0) is 20.9 Å². The van der Waals surface area contributed by atoms with E-state index in [1.807, 2.05) is 0 Å². The van der Waals surface area contributed by atoms with Crippen LogP contribution in [0.5, 0.6) is 5.75 Å². The molecular weight excluding hydrogens is 578 g/mol.